The van der Waals surface area contributed by atoms with E-state index in [0.717, 1.165) is 19.5 Å². The van der Waals surface area contributed by atoms with Crippen molar-refractivity contribution in [3.63, 3.8) is 0 Å². The fourth-order valence-electron chi connectivity index (χ4n) is 5.91. The van der Waals surface area contributed by atoms with Gasteiger partial charge in [-0.3, -0.25) is 5.32 Å². The molecule has 5 rings (SSSR count). The van der Waals surface area contributed by atoms with Gasteiger partial charge in [0.2, 0.25) is 0 Å². The molecule has 266 valence electrons. The highest BCUT2D eigenvalue weighted by atomic mass is 35.5. The molecule has 14 heteroatoms. The van der Waals surface area contributed by atoms with Crippen LogP contribution in [-0.2, 0) is 32.8 Å². The normalized spacial score (nSPS) is 16.4. The molecule has 0 spiro atoms. The standard InChI is InChI=1S/C36H39Cl2N3O8S/c1-40-14-13-23(18-40)21-48-35(44)36(22-42,25-7-5-4-6-8-25)39-17-26-10-12-33(50-26)34(43)49-31(16-27-28(37)19-41(45)20-29(27)38)24-9-11-30(46-2)32(15-24)47-3/h4-12,15,19-20,23,31,39,42H,13-14,16-18,21-22H2,1-3H3/t23-,31?,36?/m0/s1. The van der Waals surface area contributed by atoms with Crippen LogP contribution in [0.5, 0.6) is 11.5 Å². The number of carbonyl (C=O) groups is 2. The molecule has 4 aromatic rings. The van der Waals surface area contributed by atoms with Crippen molar-refractivity contribution in [1.29, 1.82) is 0 Å². The topological polar surface area (TPSA) is 134 Å². The van der Waals surface area contributed by atoms with Crippen LogP contribution in [0.25, 0.3) is 0 Å². The number of likely N-dealkylation sites (tertiary alicyclic amines) is 1. The lowest BCUT2D eigenvalue weighted by Gasteiger charge is -2.31. The van der Waals surface area contributed by atoms with Crippen molar-refractivity contribution < 1.29 is 38.4 Å². The molecule has 2 aromatic heterocycles. The van der Waals surface area contributed by atoms with Gasteiger partial charge < -0.3 is 34.2 Å². The monoisotopic (exact) mass is 743 g/mol. The van der Waals surface area contributed by atoms with Crippen molar-refractivity contribution in [2.24, 2.45) is 5.92 Å². The number of methoxy groups -OCH3 is 2. The Morgan fingerprint density at radius 1 is 1.08 bits per heavy atom. The van der Waals surface area contributed by atoms with E-state index in [-0.39, 0.29) is 35.5 Å². The van der Waals surface area contributed by atoms with Gasteiger partial charge in [0.05, 0.1) is 27.4 Å². The summed E-state index contributed by atoms with van der Waals surface area (Å²) < 4.78 is 23.2. The third kappa shape index (κ3) is 8.68. The van der Waals surface area contributed by atoms with Gasteiger partial charge in [-0.25, -0.2) is 9.59 Å². The molecular formula is C36H39Cl2N3O8S. The number of esters is 2. The summed E-state index contributed by atoms with van der Waals surface area (Å²) in [7, 11) is 5.05. The third-order valence-electron chi connectivity index (χ3n) is 8.69. The van der Waals surface area contributed by atoms with Gasteiger partial charge in [-0.05, 0) is 55.4 Å². The Morgan fingerprint density at radius 3 is 2.44 bits per heavy atom. The highest BCUT2D eigenvalue weighted by Crippen LogP contribution is 2.36. The average Bonchev–Trinajstić information content (AvgIpc) is 3.77. The number of aromatic nitrogens is 1. The van der Waals surface area contributed by atoms with Gasteiger partial charge in [0.15, 0.2) is 29.4 Å². The molecule has 1 aliphatic heterocycles. The van der Waals surface area contributed by atoms with Crippen molar-refractivity contribution in [2.75, 3.05) is 47.6 Å². The number of ether oxygens (including phenoxy) is 4. The van der Waals surface area contributed by atoms with Crippen molar-refractivity contribution >= 4 is 46.5 Å². The highest BCUT2D eigenvalue weighted by Gasteiger charge is 2.42. The lowest BCUT2D eigenvalue weighted by Crippen LogP contribution is -2.53. The van der Waals surface area contributed by atoms with Crippen LogP contribution >= 0.6 is 34.5 Å². The SMILES string of the molecule is COc1ccc(C(Cc2c(Cl)c[n+]([O-])cc2Cl)OC(=O)c2ccc(CNC(CO)(C(=O)OC[C@H]3CCN(C)C3)c3ccccc3)s2)cc1OC. The second-order valence-corrected chi connectivity index (χ2v) is 14.1. The molecule has 0 bridgehead atoms. The van der Waals surface area contributed by atoms with E-state index >= 15 is 0 Å². The first-order valence-electron chi connectivity index (χ1n) is 15.9. The summed E-state index contributed by atoms with van der Waals surface area (Å²) in [4.78, 5) is 30.5. The van der Waals surface area contributed by atoms with Crippen LogP contribution in [-0.4, -0.2) is 69.5 Å². The first-order valence-corrected chi connectivity index (χ1v) is 17.5. The smallest absolute Gasteiger partial charge is 0.348 e. The summed E-state index contributed by atoms with van der Waals surface area (Å²) in [6, 6.07) is 17.5. The van der Waals surface area contributed by atoms with E-state index in [0.29, 0.717) is 42.7 Å². The number of aliphatic hydroxyl groups is 1. The largest absolute Gasteiger partial charge is 0.619 e. The molecule has 2 N–H and O–H groups in total. The molecule has 0 radical (unpaired) electrons. The van der Waals surface area contributed by atoms with E-state index in [1.807, 2.05) is 13.1 Å². The van der Waals surface area contributed by atoms with Gasteiger partial charge in [0.1, 0.15) is 21.0 Å². The van der Waals surface area contributed by atoms with Crippen molar-refractivity contribution in [3.8, 4) is 11.5 Å². The number of benzene rings is 2. The van der Waals surface area contributed by atoms with Crippen LogP contribution in [0.2, 0.25) is 10.0 Å². The number of hydrogen-bond donors (Lipinski definition) is 2. The third-order valence-corrected chi connectivity index (χ3v) is 10.4. The van der Waals surface area contributed by atoms with E-state index in [9.17, 15) is 19.9 Å². The van der Waals surface area contributed by atoms with Gasteiger partial charge in [0, 0.05) is 35.9 Å². The zero-order chi connectivity index (χ0) is 35.8. The molecule has 2 unspecified atom stereocenters. The minimum absolute atomic E-state index is 0.0644. The Morgan fingerprint density at radius 2 is 1.80 bits per heavy atom. The van der Waals surface area contributed by atoms with E-state index in [4.69, 9.17) is 42.1 Å². The molecular weight excluding hydrogens is 705 g/mol. The second kappa shape index (κ2) is 16.9. The van der Waals surface area contributed by atoms with E-state index < -0.39 is 30.2 Å². The number of carbonyl (C=O) groups excluding carboxylic acids is 2. The summed E-state index contributed by atoms with van der Waals surface area (Å²) in [6.45, 7) is 1.65. The molecule has 0 saturated carbocycles. The summed E-state index contributed by atoms with van der Waals surface area (Å²) in [5, 5.41) is 26.0. The van der Waals surface area contributed by atoms with Crippen LogP contribution in [0.4, 0.5) is 0 Å². The first kappa shape index (κ1) is 37.3. The van der Waals surface area contributed by atoms with E-state index in [1.54, 1.807) is 54.6 Å². The lowest BCUT2D eigenvalue weighted by atomic mass is 9.90. The number of pyridine rings is 1. The molecule has 3 heterocycles. The fourth-order valence-corrected chi connectivity index (χ4v) is 7.33. The zero-order valence-electron chi connectivity index (χ0n) is 27.9. The maximum Gasteiger partial charge on any atom is 0.348 e. The number of hydrogen-bond acceptors (Lipinski definition) is 11. The summed E-state index contributed by atoms with van der Waals surface area (Å²) >= 11 is 14.0. The number of nitrogens with zero attached hydrogens (tertiary/aromatic N) is 2. The molecule has 0 aliphatic carbocycles. The van der Waals surface area contributed by atoms with E-state index in [2.05, 4.69) is 10.2 Å². The molecule has 1 aliphatic rings. The van der Waals surface area contributed by atoms with Crippen LogP contribution in [0.3, 0.4) is 0 Å². The maximum absolute atomic E-state index is 13.6. The van der Waals surface area contributed by atoms with Crippen LogP contribution in [0.15, 0.2) is 73.1 Å². The Balaban J connectivity index is 1.35. The van der Waals surface area contributed by atoms with Crippen LogP contribution in [0, 0.1) is 11.1 Å². The quantitative estimate of drug-likeness (QED) is 0.0937. The van der Waals surface area contributed by atoms with Gasteiger partial charge in [-0.1, -0.05) is 59.6 Å². The average molecular weight is 745 g/mol. The number of halogens is 2. The van der Waals surface area contributed by atoms with Crippen LogP contribution in [0.1, 0.15) is 43.8 Å². The van der Waals surface area contributed by atoms with Gasteiger partial charge in [0.25, 0.3) is 0 Å². The molecule has 2 aromatic carbocycles. The van der Waals surface area contributed by atoms with Crippen molar-refractivity contribution in [3.05, 3.63) is 115 Å². The summed E-state index contributed by atoms with van der Waals surface area (Å²) in [5.41, 5.74) is 0.0486. The molecule has 1 saturated heterocycles. The minimum Gasteiger partial charge on any atom is -0.619 e. The number of rotatable bonds is 15. The molecule has 0 amide bonds. The lowest BCUT2D eigenvalue weighted by molar-refractivity contribution is -0.605. The number of thiophene rings is 1. The van der Waals surface area contributed by atoms with Gasteiger partial charge in [-0.15, -0.1) is 11.3 Å². The Kier molecular flexibility index (Phi) is 12.6. The van der Waals surface area contributed by atoms with Crippen LogP contribution < -0.4 is 19.5 Å². The van der Waals surface area contributed by atoms with Gasteiger partial charge in [-0.2, -0.15) is 4.73 Å². The Labute approximate surface area is 304 Å². The molecule has 50 heavy (non-hydrogen) atoms. The van der Waals surface area contributed by atoms with Crippen molar-refractivity contribution in [2.45, 2.75) is 31.0 Å². The maximum atomic E-state index is 13.6. The predicted molar refractivity (Wildman–Crippen MR) is 190 cm³/mol. The highest BCUT2D eigenvalue weighted by molar-refractivity contribution is 7.13. The zero-order valence-corrected chi connectivity index (χ0v) is 30.2. The second-order valence-electron chi connectivity index (χ2n) is 12.1. The molecule has 11 nitrogen and oxygen atoms in total. The summed E-state index contributed by atoms with van der Waals surface area (Å²) in [5.74, 6) is -0.0415. The Bertz CT molecular complexity index is 1770. The minimum atomic E-state index is -1.52. The number of nitrogens with one attached hydrogen (secondary N) is 1. The first-order chi connectivity index (χ1) is 24.1. The summed E-state index contributed by atoms with van der Waals surface area (Å²) in [6.07, 6.45) is 2.48. The van der Waals surface area contributed by atoms with E-state index in [1.165, 1.54) is 38.0 Å². The Hall–Kier alpha value is -3.91. The number of aliphatic hydroxyl groups excluding tert-OH is 1. The fraction of sp³-hybridized carbons (Fsp3) is 0.361. The predicted octanol–water partition coefficient (Wildman–Crippen LogP) is 5.32. The van der Waals surface area contributed by atoms with Gasteiger partial charge >= 0.3 is 11.9 Å². The molecule has 3 atom stereocenters. The van der Waals surface area contributed by atoms with Crippen molar-refractivity contribution in [1.82, 2.24) is 10.2 Å². The molecule has 1 fully saturated rings.